The molecule has 70 valence electrons. The number of Topliss-reactive ketones (excluding diaryl/α,β-unsaturated/α-hetero) is 1. The number of rotatable bonds is 1. The van der Waals surface area contributed by atoms with Gasteiger partial charge in [0.25, 0.3) is 5.91 Å². The Kier molecular flexibility index (Phi) is 1.96. The largest absolute Gasteiger partial charge is 0.297 e. The second-order valence-electron chi connectivity index (χ2n) is 3.21. The van der Waals surface area contributed by atoms with E-state index in [1.54, 1.807) is 24.3 Å². The molecule has 0 aliphatic heterocycles. The fourth-order valence-corrected chi connectivity index (χ4v) is 1.70. The van der Waals surface area contributed by atoms with Gasteiger partial charge < -0.3 is 0 Å². The Balaban J connectivity index is 2.39. The summed E-state index contributed by atoms with van der Waals surface area (Å²) in [6.07, 6.45) is 0.305. The van der Waals surface area contributed by atoms with Crippen LogP contribution in [0.25, 0.3) is 0 Å². The number of carbonyl (C=O) groups excluding carboxylic acids is 2. The van der Waals surface area contributed by atoms with Gasteiger partial charge in [-0.1, -0.05) is 24.3 Å². The number of fused-ring (bicyclic) bond motifs is 1. The number of ketones is 1. The van der Waals surface area contributed by atoms with E-state index in [0.29, 0.717) is 12.0 Å². The van der Waals surface area contributed by atoms with Gasteiger partial charge in [0.05, 0.1) is 0 Å². The number of carbonyl (C=O) groups is 2. The Hall–Kier alpha value is -1.84. The lowest BCUT2D eigenvalue weighted by Gasteiger charge is -1.97. The van der Waals surface area contributed by atoms with Crippen LogP contribution in [0.4, 0.5) is 0 Å². The summed E-state index contributed by atoms with van der Waals surface area (Å²) in [6, 6.07) is 6.98. The van der Waals surface area contributed by atoms with Crippen molar-refractivity contribution >= 4 is 11.7 Å². The SMILES string of the molecule is O=NC(=O)C1Cc2ccccc2C1=O. The van der Waals surface area contributed by atoms with Crippen molar-refractivity contribution in [3.63, 3.8) is 0 Å². The highest BCUT2D eigenvalue weighted by molar-refractivity contribution is 6.13. The lowest BCUT2D eigenvalue weighted by Crippen LogP contribution is -2.18. The van der Waals surface area contributed by atoms with Crippen LogP contribution in [0.3, 0.4) is 0 Å². The van der Waals surface area contributed by atoms with E-state index in [0.717, 1.165) is 5.56 Å². The molecule has 0 bridgehead atoms. The fraction of sp³-hybridized carbons (Fsp3) is 0.200. The second-order valence-corrected chi connectivity index (χ2v) is 3.21. The van der Waals surface area contributed by atoms with Gasteiger partial charge in [0.15, 0.2) is 5.78 Å². The van der Waals surface area contributed by atoms with Crippen molar-refractivity contribution in [1.29, 1.82) is 0 Å². The summed E-state index contributed by atoms with van der Waals surface area (Å²) in [5.74, 6) is -2.04. The van der Waals surface area contributed by atoms with Crippen LogP contribution >= 0.6 is 0 Å². The first kappa shape index (κ1) is 8.74. The van der Waals surface area contributed by atoms with E-state index in [1.807, 2.05) is 0 Å². The van der Waals surface area contributed by atoms with E-state index >= 15 is 0 Å². The molecule has 0 fully saturated rings. The van der Waals surface area contributed by atoms with Crippen molar-refractivity contribution in [2.75, 3.05) is 0 Å². The average molecular weight is 189 g/mol. The zero-order chi connectivity index (χ0) is 10.1. The molecule has 1 unspecified atom stereocenters. The Morgan fingerprint density at radius 3 is 2.71 bits per heavy atom. The van der Waals surface area contributed by atoms with Crippen LogP contribution in [0.1, 0.15) is 15.9 Å². The summed E-state index contributed by atoms with van der Waals surface area (Å²) < 4.78 is 0. The van der Waals surface area contributed by atoms with E-state index in [-0.39, 0.29) is 5.78 Å². The molecule has 0 spiro atoms. The molecular weight excluding hydrogens is 182 g/mol. The molecule has 0 radical (unpaired) electrons. The topological polar surface area (TPSA) is 63.6 Å². The molecule has 0 saturated heterocycles. The van der Waals surface area contributed by atoms with Gasteiger partial charge in [-0.2, -0.15) is 0 Å². The maximum absolute atomic E-state index is 11.6. The minimum Gasteiger partial charge on any atom is -0.293 e. The van der Waals surface area contributed by atoms with Gasteiger partial charge in [0.1, 0.15) is 5.92 Å². The summed E-state index contributed by atoms with van der Waals surface area (Å²) in [4.78, 5) is 32.6. The molecule has 1 aliphatic rings. The van der Waals surface area contributed by atoms with Gasteiger partial charge >= 0.3 is 0 Å². The number of hydrogen-bond donors (Lipinski definition) is 0. The molecule has 1 aromatic carbocycles. The van der Waals surface area contributed by atoms with Crippen LogP contribution in [-0.2, 0) is 11.2 Å². The molecule has 14 heavy (non-hydrogen) atoms. The first-order valence-electron chi connectivity index (χ1n) is 4.23. The van der Waals surface area contributed by atoms with E-state index in [9.17, 15) is 14.5 Å². The normalized spacial score (nSPS) is 19.1. The molecule has 0 aromatic heterocycles. The smallest absolute Gasteiger partial charge is 0.293 e. The highest BCUT2D eigenvalue weighted by Crippen LogP contribution is 2.27. The number of nitroso groups, excluding NO2 is 1. The summed E-state index contributed by atoms with van der Waals surface area (Å²) in [5, 5.41) is 2.29. The first-order valence-corrected chi connectivity index (χ1v) is 4.23. The second kappa shape index (κ2) is 3.14. The number of nitrogens with zero attached hydrogens (tertiary/aromatic N) is 1. The zero-order valence-electron chi connectivity index (χ0n) is 7.27. The molecular formula is C10H7NO3. The van der Waals surface area contributed by atoms with Crippen molar-refractivity contribution in [2.45, 2.75) is 6.42 Å². The first-order chi connectivity index (χ1) is 6.74. The average Bonchev–Trinajstić information content (AvgIpc) is 2.56. The Morgan fingerprint density at radius 2 is 2.07 bits per heavy atom. The van der Waals surface area contributed by atoms with E-state index in [4.69, 9.17) is 0 Å². The Bertz CT molecular complexity index is 425. The van der Waals surface area contributed by atoms with E-state index in [1.165, 1.54) is 0 Å². The highest BCUT2D eigenvalue weighted by atomic mass is 16.3. The van der Waals surface area contributed by atoms with E-state index in [2.05, 4.69) is 5.18 Å². The maximum Gasteiger partial charge on any atom is 0.297 e. The summed E-state index contributed by atoms with van der Waals surface area (Å²) in [5.41, 5.74) is 1.36. The maximum atomic E-state index is 11.6. The van der Waals surface area contributed by atoms with Gasteiger partial charge in [0.2, 0.25) is 0 Å². The molecule has 4 nitrogen and oxygen atoms in total. The number of hydrogen-bond acceptors (Lipinski definition) is 3. The Morgan fingerprint density at radius 1 is 1.36 bits per heavy atom. The quantitative estimate of drug-likeness (QED) is 0.494. The van der Waals surface area contributed by atoms with Gasteiger partial charge in [0, 0.05) is 10.7 Å². The Labute approximate surface area is 79.9 Å². The molecule has 2 rings (SSSR count). The van der Waals surface area contributed by atoms with Crippen molar-refractivity contribution < 1.29 is 9.59 Å². The molecule has 4 heteroatoms. The molecule has 1 aliphatic carbocycles. The van der Waals surface area contributed by atoms with Gasteiger partial charge in [-0.15, -0.1) is 4.91 Å². The minimum absolute atomic E-state index is 0.287. The van der Waals surface area contributed by atoms with Gasteiger partial charge in [-0.25, -0.2) is 0 Å². The highest BCUT2D eigenvalue weighted by Gasteiger charge is 2.35. The van der Waals surface area contributed by atoms with Gasteiger partial charge in [-0.3, -0.25) is 9.59 Å². The summed E-state index contributed by atoms with van der Waals surface area (Å²) in [6.45, 7) is 0. The lowest BCUT2D eigenvalue weighted by atomic mass is 10.1. The number of amides is 1. The standard InChI is InChI=1S/C10H7NO3/c12-9-7-4-2-1-3-6(7)5-8(9)10(13)11-14/h1-4,8H,5H2. The fourth-order valence-electron chi connectivity index (χ4n) is 1.70. The van der Waals surface area contributed by atoms with Crippen molar-refractivity contribution in [3.8, 4) is 0 Å². The lowest BCUT2D eigenvalue weighted by molar-refractivity contribution is -0.120. The molecule has 0 saturated carbocycles. The molecule has 0 heterocycles. The predicted molar refractivity (Wildman–Crippen MR) is 48.8 cm³/mol. The van der Waals surface area contributed by atoms with Crippen LogP contribution in [0.2, 0.25) is 0 Å². The van der Waals surface area contributed by atoms with Gasteiger partial charge in [-0.05, 0) is 12.0 Å². The third-order valence-corrected chi connectivity index (χ3v) is 2.41. The molecule has 1 aromatic rings. The van der Waals surface area contributed by atoms with Crippen LogP contribution < -0.4 is 0 Å². The van der Waals surface area contributed by atoms with Crippen LogP contribution in [0.5, 0.6) is 0 Å². The predicted octanol–water partition coefficient (Wildman–Crippen LogP) is 1.33. The number of benzene rings is 1. The zero-order valence-corrected chi connectivity index (χ0v) is 7.27. The van der Waals surface area contributed by atoms with Crippen molar-refractivity contribution in [1.82, 2.24) is 0 Å². The van der Waals surface area contributed by atoms with Crippen LogP contribution in [0.15, 0.2) is 29.4 Å². The van der Waals surface area contributed by atoms with E-state index < -0.39 is 11.8 Å². The third kappa shape index (κ3) is 1.16. The molecule has 0 N–H and O–H groups in total. The van der Waals surface area contributed by atoms with Crippen molar-refractivity contribution in [3.05, 3.63) is 40.3 Å². The minimum atomic E-state index is -0.884. The summed E-state index contributed by atoms with van der Waals surface area (Å²) in [7, 11) is 0. The monoisotopic (exact) mass is 189 g/mol. The van der Waals surface area contributed by atoms with Crippen molar-refractivity contribution in [2.24, 2.45) is 11.1 Å². The van der Waals surface area contributed by atoms with Crippen LogP contribution in [0, 0.1) is 10.8 Å². The third-order valence-electron chi connectivity index (χ3n) is 2.41. The molecule has 1 atom stereocenters. The summed E-state index contributed by atoms with van der Waals surface area (Å²) >= 11 is 0. The molecule has 1 amide bonds. The van der Waals surface area contributed by atoms with Crippen LogP contribution in [-0.4, -0.2) is 11.7 Å².